The zero-order valence-corrected chi connectivity index (χ0v) is 10.4. The minimum absolute atomic E-state index is 0.309. The van der Waals surface area contributed by atoms with E-state index in [0.29, 0.717) is 6.61 Å². The minimum Gasteiger partial charge on any atom is -0.395 e. The number of hydrogen-bond donors (Lipinski definition) is 1. The van der Waals surface area contributed by atoms with Crippen LogP contribution in [-0.4, -0.2) is 36.8 Å². The average molecular weight is 223 g/mol. The van der Waals surface area contributed by atoms with Gasteiger partial charge in [0.1, 0.15) is 0 Å². The largest absolute Gasteiger partial charge is 0.395 e. The Morgan fingerprint density at radius 1 is 1.00 bits per heavy atom. The van der Waals surface area contributed by atoms with Crippen molar-refractivity contribution in [2.45, 2.75) is 32.1 Å². The van der Waals surface area contributed by atoms with Crippen LogP contribution in [0.1, 0.15) is 32.1 Å². The molecule has 4 aliphatic carbocycles. The number of nitrogens with zero attached hydrogens (tertiary/aromatic N) is 1. The van der Waals surface area contributed by atoms with Crippen LogP contribution in [0.15, 0.2) is 0 Å². The van der Waals surface area contributed by atoms with Gasteiger partial charge in [-0.1, -0.05) is 0 Å². The summed E-state index contributed by atoms with van der Waals surface area (Å²) in [5, 5.41) is 8.98. The molecule has 4 bridgehead atoms. The maximum absolute atomic E-state index is 8.98. The third-order valence-corrected chi connectivity index (χ3v) is 5.43. The lowest BCUT2D eigenvalue weighted by Crippen LogP contribution is -2.48. The molecule has 0 amide bonds. The Morgan fingerprint density at radius 3 is 2.06 bits per heavy atom. The van der Waals surface area contributed by atoms with E-state index in [9.17, 15) is 0 Å². The highest BCUT2D eigenvalue weighted by Gasteiger charge is 2.47. The molecule has 0 atom stereocenters. The van der Waals surface area contributed by atoms with Gasteiger partial charge in [0, 0.05) is 13.1 Å². The second kappa shape index (κ2) is 4.30. The van der Waals surface area contributed by atoms with Gasteiger partial charge in [0.2, 0.25) is 0 Å². The molecule has 0 unspecified atom stereocenters. The average Bonchev–Trinajstić information content (AvgIpc) is 2.23. The molecule has 0 radical (unpaired) electrons. The maximum atomic E-state index is 8.98. The minimum atomic E-state index is 0.309. The summed E-state index contributed by atoms with van der Waals surface area (Å²) < 4.78 is 0. The van der Waals surface area contributed by atoms with Crippen molar-refractivity contribution in [1.82, 2.24) is 4.90 Å². The summed E-state index contributed by atoms with van der Waals surface area (Å²) in [6.45, 7) is 2.39. The molecule has 4 saturated carbocycles. The summed E-state index contributed by atoms with van der Waals surface area (Å²) in [6, 6.07) is 0. The summed E-state index contributed by atoms with van der Waals surface area (Å²) in [4.78, 5) is 2.34. The highest BCUT2D eigenvalue weighted by molar-refractivity contribution is 4.98. The van der Waals surface area contributed by atoms with E-state index in [2.05, 4.69) is 11.9 Å². The smallest absolute Gasteiger partial charge is 0.0558 e. The maximum Gasteiger partial charge on any atom is 0.0558 e. The number of rotatable bonds is 4. The summed E-state index contributed by atoms with van der Waals surface area (Å²) in [5.41, 5.74) is 0. The second-order valence-corrected chi connectivity index (χ2v) is 6.58. The van der Waals surface area contributed by atoms with E-state index in [1.165, 1.54) is 32.2 Å². The second-order valence-electron chi connectivity index (χ2n) is 6.58. The summed E-state index contributed by atoms with van der Waals surface area (Å²) in [5.74, 6) is 5.17. The van der Waals surface area contributed by atoms with Crippen LogP contribution in [0.25, 0.3) is 0 Å². The summed E-state index contributed by atoms with van der Waals surface area (Å²) in [6.07, 6.45) is 7.62. The van der Waals surface area contributed by atoms with Crippen LogP contribution in [-0.2, 0) is 0 Å². The standard InChI is InChI=1S/C14H25NO/c1-15(2-3-16)9-14-12-5-10-4-11(7-12)8-13(14)6-10/h10-14,16H,2-9H2,1H3. The molecule has 1 N–H and O–H groups in total. The van der Waals surface area contributed by atoms with Gasteiger partial charge in [-0.25, -0.2) is 0 Å². The van der Waals surface area contributed by atoms with Gasteiger partial charge in [-0.15, -0.1) is 0 Å². The van der Waals surface area contributed by atoms with E-state index >= 15 is 0 Å². The zero-order chi connectivity index (χ0) is 11.1. The van der Waals surface area contributed by atoms with Crippen molar-refractivity contribution in [3.05, 3.63) is 0 Å². The van der Waals surface area contributed by atoms with Crippen molar-refractivity contribution in [1.29, 1.82) is 0 Å². The summed E-state index contributed by atoms with van der Waals surface area (Å²) in [7, 11) is 2.17. The Kier molecular flexibility index (Phi) is 2.97. The van der Waals surface area contributed by atoms with E-state index < -0.39 is 0 Å². The van der Waals surface area contributed by atoms with Crippen LogP contribution in [0.2, 0.25) is 0 Å². The lowest BCUT2D eigenvalue weighted by molar-refractivity contribution is -0.0475. The molecular weight excluding hydrogens is 198 g/mol. The molecule has 2 nitrogen and oxygen atoms in total. The third kappa shape index (κ3) is 1.91. The molecule has 16 heavy (non-hydrogen) atoms. The van der Waals surface area contributed by atoms with E-state index in [4.69, 9.17) is 5.11 Å². The van der Waals surface area contributed by atoms with Gasteiger partial charge in [-0.3, -0.25) is 0 Å². The molecular formula is C14H25NO. The predicted octanol–water partition coefficient (Wildman–Crippen LogP) is 1.98. The molecule has 0 aromatic rings. The number of aliphatic hydroxyl groups is 1. The normalized spacial score (nSPS) is 45.6. The Labute approximate surface area is 99.0 Å². The first kappa shape index (κ1) is 11.0. The Hall–Kier alpha value is -0.0800. The number of likely N-dealkylation sites (N-methyl/N-ethyl adjacent to an activating group) is 1. The topological polar surface area (TPSA) is 23.5 Å². The lowest BCUT2D eigenvalue weighted by atomic mass is 9.52. The highest BCUT2D eigenvalue weighted by atomic mass is 16.3. The Balaban J connectivity index is 1.63. The fourth-order valence-corrected chi connectivity index (χ4v) is 4.96. The van der Waals surface area contributed by atoms with Gasteiger partial charge in [-0.05, 0) is 68.7 Å². The Bertz CT molecular complexity index is 225. The van der Waals surface area contributed by atoms with Gasteiger partial charge >= 0.3 is 0 Å². The third-order valence-electron chi connectivity index (χ3n) is 5.43. The molecule has 4 aliphatic rings. The number of hydrogen-bond acceptors (Lipinski definition) is 2. The van der Waals surface area contributed by atoms with Crippen LogP contribution in [0.4, 0.5) is 0 Å². The first-order valence-corrected chi connectivity index (χ1v) is 7.05. The van der Waals surface area contributed by atoms with Crippen LogP contribution in [0.3, 0.4) is 0 Å². The summed E-state index contributed by atoms with van der Waals surface area (Å²) >= 11 is 0. The monoisotopic (exact) mass is 223 g/mol. The van der Waals surface area contributed by atoms with Crippen LogP contribution in [0, 0.1) is 29.6 Å². The number of aliphatic hydroxyl groups excluding tert-OH is 1. The molecule has 0 aliphatic heterocycles. The predicted molar refractivity (Wildman–Crippen MR) is 65.1 cm³/mol. The molecule has 4 fully saturated rings. The molecule has 2 heteroatoms. The Morgan fingerprint density at radius 2 is 1.56 bits per heavy atom. The van der Waals surface area contributed by atoms with E-state index in [-0.39, 0.29) is 0 Å². The van der Waals surface area contributed by atoms with Crippen molar-refractivity contribution in [2.24, 2.45) is 29.6 Å². The van der Waals surface area contributed by atoms with Crippen molar-refractivity contribution < 1.29 is 5.11 Å². The van der Waals surface area contributed by atoms with E-state index in [1.807, 2.05) is 0 Å². The zero-order valence-electron chi connectivity index (χ0n) is 10.4. The van der Waals surface area contributed by atoms with Crippen molar-refractivity contribution in [2.75, 3.05) is 26.7 Å². The van der Waals surface area contributed by atoms with Gasteiger partial charge in [0.25, 0.3) is 0 Å². The highest BCUT2D eigenvalue weighted by Crippen LogP contribution is 2.56. The van der Waals surface area contributed by atoms with Crippen molar-refractivity contribution >= 4 is 0 Å². The molecule has 0 aromatic carbocycles. The fraction of sp³-hybridized carbons (Fsp3) is 1.00. The van der Waals surface area contributed by atoms with E-state index in [1.54, 1.807) is 6.42 Å². The first-order chi connectivity index (χ1) is 7.76. The van der Waals surface area contributed by atoms with Gasteiger partial charge < -0.3 is 10.0 Å². The van der Waals surface area contributed by atoms with Gasteiger partial charge in [-0.2, -0.15) is 0 Å². The molecule has 0 heterocycles. The van der Waals surface area contributed by atoms with Gasteiger partial charge in [0.05, 0.1) is 6.61 Å². The molecule has 92 valence electrons. The molecule has 4 rings (SSSR count). The SMILES string of the molecule is CN(CCO)CC1C2CC3CC(C2)CC1C3. The van der Waals surface area contributed by atoms with Crippen LogP contribution in [0.5, 0.6) is 0 Å². The first-order valence-electron chi connectivity index (χ1n) is 7.05. The quantitative estimate of drug-likeness (QED) is 0.788. The van der Waals surface area contributed by atoms with Crippen LogP contribution >= 0.6 is 0 Å². The van der Waals surface area contributed by atoms with E-state index in [0.717, 1.165) is 36.1 Å². The molecule has 0 saturated heterocycles. The molecule has 0 aromatic heterocycles. The van der Waals surface area contributed by atoms with Crippen LogP contribution < -0.4 is 0 Å². The molecule has 0 spiro atoms. The fourth-order valence-electron chi connectivity index (χ4n) is 4.96. The van der Waals surface area contributed by atoms with Crippen molar-refractivity contribution in [3.8, 4) is 0 Å². The lowest BCUT2D eigenvalue weighted by Gasteiger charge is -2.55. The van der Waals surface area contributed by atoms with Crippen molar-refractivity contribution in [3.63, 3.8) is 0 Å². The van der Waals surface area contributed by atoms with Gasteiger partial charge in [0.15, 0.2) is 0 Å².